The minimum absolute atomic E-state index is 0.0400. The van der Waals surface area contributed by atoms with Gasteiger partial charge in [-0.3, -0.25) is 0 Å². The number of thiol groups is 1. The van der Waals surface area contributed by atoms with Gasteiger partial charge in [-0.15, -0.1) is 12.6 Å². The molecule has 0 aliphatic carbocycles. The summed E-state index contributed by atoms with van der Waals surface area (Å²) in [6, 6.07) is 21.0. The van der Waals surface area contributed by atoms with Crippen molar-refractivity contribution in [3.63, 3.8) is 0 Å². The van der Waals surface area contributed by atoms with E-state index in [0.717, 1.165) is 12.5 Å². The average Bonchev–Trinajstić information content (AvgIpc) is 3.28. The lowest BCUT2D eigenvalue weighted by atomic mass is 10.1. The fraction of sp³-hybridized carbons (Fsp3) is 0.107. The van der Waals surface area contributed by atoms with Gasteiger partial charge in [0.25, 0.3) is 5.92 Å². The predicted octanol–water partition coefficient (Wildman–Crippen LogP) is 6.76. The van der Waals surface area contributed by atoms with Crippen LogP contribution in [0.3, 0.4) is 0 Å². The number of benzene rings is 3. The number of aromatic hydroxyl groups is 1. The lowest BCUT2D eigenvalue weighted by Crippen LogP contribution is -2.22. The summed E-state index contributed by atoms with van der Waals surface area (Å²) in [4.78, 5) is 17.6. The number of hydrogen-bond donors (Lipinski definition) is 5. The third kappa shape index (κ3) is 5.78. The van der Waals surface area contributed by atoms with Crippen LogP contribution >= 0.6 is 12.6 Å². The number of amides is 2. The molecule has 0 radical (unpaired) electrons. The highest BCUT2D eigenvalue weighted by Gasteiger charge is 2.27. The molecule has 0 aliphatic rings. The van der Waals surface area contributed by atoms with Crippen LogP contribution in [0.4, 0.5) is 30.8 Å². The van der Waals surface area contributed by atoms with Gasteiger partial charge < -0.3 is 21.1 Å². The van der Waals surface area contributed by atoms with E-state index in [4.69, 9.17) is 0 Å². The maximum Gasteiger partial charge on any atom is 0.323 e. The maximum atomic E-state index is 13.8. The smallest absolute Gasteiger partial charge is 0.323 e. The molecule has 5 rings (SSSR count). The number of rotatable bonds is 7. The zero-order valence-electron chi connectivity index (χ0n) is 20.7. The number of alkyl halides is 2. The number of phenols is 1. The molecular weight excluding hydrogens is 522 g/mol. The lowest BCUT2D eigenvalue weighted by Gasteiger charge is -2.16. The number of nitrogens with one attached hydrogen (secondary N) is 3. The van der Waals surface area contributed by atoms with Crippen molar-refractivity contribution in [1.82, 2.24) is 14.6 Å². The molecule has 0 spiro atoms. The van der Waals surface area contributed by atoms with Crippen molar-refractivity contribution in [2.24, 2.45) is 0 Å². The highest BCUT2D eigenvalue weighted by molar-refractivity contribution is 7.80. The zero-order chi connectivity index (χ0) is 27.6. The Bertz CT molecular complexity index is 1650. The standard InChI is InChI=1S/C28H24F2N6O2S/c1-28(29,30)20-7-3-4-8-21(20)35-27(38)33-18-12-10-17(11-13-18)15-31-25-14-22(19-6-2-5-9-23(19)37)34-26-24(39)16-32-36(25)26/h2-14,16,31,37,39H,15H2,1H3,(H2,33,35,38). The molecule has 0 bridgehead atoms. The molecule has 198 valence electrons. The number of halogens is 2. The number of para-hydroxylation sites is 2. The Kier molecular flexibility index (Phi) is 7.07. The van der Waals surface area contributed by atoms with Crippen molar-refractivity contribution >= 4 is 41.5 Å². The van der Waals surface area contributed by atoms with Gasteiger partial charge in [0.2, 0.25) is 0 Å². The largest absolute Gasteiger partial charge is 0.507 e. The molecule has 0 atom stereocenters. The van der Waals surface area contributed by atoms with Crippen LogP contribution in [0.1, 0.15) is 18.1 Å². The molecule has 0 fully saturated rings. The number of aromatic nitrogens is 3. The van der Waals surface area contributed by atoms with E-state index in [0.29, 0.717) is 39.9 Å². The van der Waals surface area contributed by atoms with E-state index in [-0.39, 0.29) is 17.0 Å². The van der Waals surface area contributed by atoms with Gasteiger partial charge in [0, 0.05) is 36.3 Å². The van der Waals surface area contributed by atoms with Crippen LogP contribution in [0.5, 0.6) is 5.75 Å². The summed E-state index contributed by atoms with van der Waals surface area (Å²) in [5.74, 6) is -2.34. The first kappa shape index (κ1) is 26.0. The molecule has 5 aromatic rings. The van der Waals surface area contributed by atoms with E-state index in [2.05, 4.69) is 38.7 Å². The van der Waals surface area contributed by atoms with Gasteiger partial charge in [-0.2, -0.15) is 9.61 Å². The number of fused-ring (bicyclic) bond motifs is 1. The van der Waals surface area contributed by atoms with Crippen LogP contribution in [-0.4, -0.2) is 25.7 Å². The van der Waals surface area contributed by atoms with Crippen LogP contribution in [0.15, 0.2) is 90.0 Å². The third-order valence-electron chi connectivity index (χ3n) is 5.97. The Balaban J connectivity index is 1.28. The molecule has 0 aliphatic heterocycles. The van der Waals surface area contributed by atoms with Gasteiger partial charge in [0.15, 0.2) is 5.65 Å². The second-order valence-electron chi connectivity index (χ2n) is 8.87. The Labute approximate surface area is 228 Å². The van der Waals surface area contributed by atoms with Gasteiger partial charge in [0.05, 0.1) is 22.5 Å². The molecule has 11 heteroatoms. The summed E-state index contributed by atoms with van der Waals surface area (Å²) in [6.07, 6.45) is 1.59. The molecule has 2 aromatic heterocycles. The molecule has 0 saturated heterocycles. The van der Waals surface area contributed by atoms with E-state index in [1.54, 1.807) is 53.2 Å². The Hall–Kier alpha value is -4.64. The topological polar surface area (TPSA) is 104 Å². The van der Waals surface area contributed by atoms with Gasteiger partial charge in [-0.25, -0.2) is 18.6 Å². The van der Waals surface area contributed by atoms with E-state index in [1.165, 1.54) is 18.2 Å². The van der Waals surface area contributed by atoms with Gasteiger partial charge in [0.1, 0.15) is 11.6 Å². The predicted molar refractivity (Wildman–Crippen MR) is 150 cm³/mol. The normalized spacial score (nSPS) is 11.4. The number of phenolic OH excluding ortho intramolecular Hbond substituents is 1. The number of nitrogens with zero attached hydrogens (tertiary/aromatic N) is 3. The maximum absolute atomic E-state index is 13.8. The van der Waals surface area contributed by atoms with Crippen LogP contribution in [0.25, 0.3) is 16.9 Å². The molecule has 0 saturated carbocycles. The van der Waals surface area contributed by atoms with Crippen molar-refractivity contribution in [2.75, 3.05) is 16.0 Å². The van der Waals surface area contributed by atoms with E-state index in [9.17, 15) is 18.7 Å². The van der Waals surface area contributed by atoms with Crippen molar-refractivity contribution < 1.29 is 18.7 Å². The lowest BCUT2D eigenvalue weighted by molar-refractivity contribution is 0.0183. The first-order chi connectivity index (χ1) is 18.7. The number of anilines is 3. The first-order valence-corrected chi connectivity index (χ1v) is 12.4. The summed E-state index contributed by atoms with van der Waals surface area (Å²) >= 11 is 4.45. The van der Waals surface area contributed by atoms with Crippen molar-refractivity contribution in [3.8, 4) is 17.0 Å². The summed E-state index contributed by atoms with van der Waals surface area (Å²) in [5.41, 5.74) is 2.86. The number of carbonyl (C=O) groups excluding carboxylic acids is 1. The molecule has 2 amide bonds. The van der Waals surface area contributed by atoms with E-state index < -0.39 is 12.0 Å². The fourth-order valence-electron chi connectivity index (χ4n) is 4.06. The molecule has 4 N–H and O–H groups in total. The number of hydrogen-bond acceptors (Lipinski definition) is 6. The van der Waals surface area contributed by atoms with E-state index in [1.807, 2.05) is 18.2 Å². The van der Waals surface area contributed by atoms with Crippen LogP contribution in [0, 0.1) is 0 Å². The Morgan fingerprint density at radius 3 is 2.49 bits per heavy atom. The number of carbonyl (C=O) groups is 1. The molecule has 8 nitrogen and oxygen atoms in total. The second kappa shape index (κ2) is 10.6. The summed E-state index contributed by atoms with van der Waals surface area (Å²) in [7, 11) is 0. The molecule has 0 unspecified atom stereocenters. The SMILES string of the molecule is CC(F)(F)c1ccccc1NC(=O)Nc1ccc(CNc2cc(-c3ccccc3O)nc3c(S)cnn23)cc1. The van der Waals surface area contributed by atoms with Gasteiger partial charge in [-0.05, 0) is 35.9 Å². The van der Waals surface area contributed by atoms with Crippen LogP contribution in [0.2, 0.25) is 0 Å². The molecular formula is C28H24F2N6O2S. The van der Waals surface area contributed by atoms with E-state index >= 15 is 0 Å². The highest BCUT2D eigenvalue weighted by atomic mass is 32.1. The Morgan fingerprint density at radius 1 is 1.03 bits per heavy atom. The zero-order valence-corrected chi connectivity index (χ0v) is 21.6. The van der Waals surface area contributed by atoms with Crippen molar-refractivity contribution in [2.45, 2.75) is 24.3 Å². The van der Waals surface area contributed by atoms with Crippen LogP contribution in [-0.2, 0) is 12.5 Å². The third-order valence-corrected chi connectivity index (χ3v) is 6.28. The second-order valence-corrected chi connectivity index (χ2v) is 9.35. The average molecular weight is 547 g/mol. The molecule has 2 heterocycles. The first-order valence-electron chi connectivity index (χ1n) is 11.9. The minimum atomic E-state index is -3.09. The molecule has 3 aromatic carbocycles. The summed E-state index contributed by atoms with van der Waals surface area (Å²) < 4.78 is 29.3. The van der Waals surface area contributed by atoms with Crippen LogP contribution < -0.4 is 16.0 Å². The summed E-state index contributed by atoms with van der Waals surface area (Å²) in [6.45, 7) is 1.21. The number of urea groups is 1. The monoisotopic (exact) mass is 546 g/mol. The highest BCUT2D eigenvalue weighted by Crippen LogP contribution is 2.33. The van der Waals surface area contributed by atoms with Gasteiger partial charge >= 0.3 is 6.03 Å². The van der Waals surface area contributed by atoms with Gasteiger partial charge in [-0.1, -0.05) is 42.5 Å². The van der Waals surface area contributed by atoms with Crippen molar-refractivity contribution in [3.05, 3.63) is 96.2 Å². The summed E-state index contributed by atoms with van der Waals surface area (Å²) in [5, 5.41) is 23.1. The minimum Gasteiger partial charge on any atom is -0.507 e. The fourth-order valence-corrected chi connectivity index (χ4v) is 4.26. The Morgan fingerprint density at radius 2 is 1.74 bits per heavy atom. The molecule has 39 heavy (non-hydrogen) atoms. The van der Waals surface area contributed by atoms with Crippen molar-refractivity contribution in [1.29, 1.82) is 0 Å². The quantitative estimate of drug-likeness (QED) is 0.145.